The Morgan fingerprint density at radius 2 is 1.84 bits per heavy atom. The van der Waals surface area contributed by atoms with Crippen molar-refractivity contribution in [3.8, 4) is 0 Å². The van der Waals surface area contributed by atoms with Crippen molar-refractivity contribution in [1.29, 1.82) is 0 Å². The van der Waals surface area contributed by atoms with Crippen LogP contribution >= 0.6 is 0 Å². The summed E-state index contributed by atoms with van der Waals surface area (Å²) in [6, 6.07) is 8.17. The number of aromatic nitrogens is 1. The van der Waals surface area contributed by atoms with Gasteiger partial charge < -0.3 is 19.8 Å². The number of carbonyl (C=O) groups excluding carboxylic acids is 2. The lowest BCUT2D eigenvalue weighted by Gasteiger charge is -2.53. The third-order valence-corrected chi connectivity index (χ3v) is 9.46. The highest BCUT2D eigenvalue weighted by Gasteiger charge is 2.50. The summed E-state index contributed by atoms with van der Waals surface area (Å²) in [5.41, 5.74) is 3.92. The lowest BCUT2D eigenvalue weighted by molar-refractivity contribution is -0.133. The van der Waals surface area contributed by atoms with Crippen molar-refractivity contribution in [2.45, 2.75) is 76.0 Å². The van der Waals surface area contributed by atoms with Gasteiger partial charge in [-0.1, -0.05) is 18.2 Å². The summed E-state index contributed by atoms with van der Waals surface area (Å²) in [7, 11) is 1.68. The molecule has 3 N–H and O–H groups in total. The Morgan fingerprint density at radius 3 is 2.57 bits per heavy atom. The van der Waals surface area contributed by atoms with Gasteiger partial charge in [0.15, 0.2) is 0 Å². The van der Waals surface area contributed by atoms with Crippen LogP contribution in [0.5, 0.6) is 0 Å². The molecule has 37 heavy (non-hydrogen) atoms. The van der Waals surface area contributed by atoms with Crippen molar-refractivity contribution in [3.63, 3.8) is 0 Å². The molecule has 1 saturated heterocycles. The zero-order valence-corrected chi connectivity index (χ0v) is 22.0. The van der Waals surface area contributed by atoms with E-state index in [4.69, 9.17) is 9.47 Å². The van der Waals surface area contributed by atoms with Crippen LogP contribution < -0.4 is 10.7 Å². The standard InChI is InChI=1S/C29H40N4O4/c1-29(15-22-16-30-25-8-4-3-7-24(22)25,27(34)32-33-9-5-6-23(33)17-36-2)31-28(35)37-26-20-11-18-10-19(13-20)14-21(26)12-18/h3-4,7-8,16,18-21,23,26,30H,5-6,9-15,17H2,1-2H3,(H,31,35)(H,32,34)/t18?,19?,20?,21?,23-,26?,29-/m1/s1. The van der Waals surface area contributed by atoms with E-state index in [0.29, 0.717) is 24.9 Å². The minimum atomic E-state index is -1.19. The van der Waals surface area contributed by atoms with Gasteiger partial charge in [-0.3, -0.25) is 10.2 Å². The van der Waals surface area contributed by atoms with Crippen molar-refractivity contribution in [2.75, 3.05) is 20.3 Å². The number of ether oxygens (including phenoxy) is 2. The molecule has 0 unspecified atom stereocenters. The SMILES string of the molecule is COC[C@H]1CCCN1NC(=O)[C@@](C)(Cc1c[nH]c2ccccc12)NC(=O)OC1C2CC3CC(C2)CC1C3. The number of rotatable bonds is 8. The third kappa shape index (κ3) is 4.86. The Balaban J connectivity index is 1.20. The first-order valence-corrected chi connectivity index (χ1v) is 14.0. The molecule has 4 bridgehead atoms. The van der Waals surface area contributed by atoms with Crippen LogP contribution in [0.25, 0.3) is 10.9 Å². The zero-order valence-electron chi connectivity index (χ0n) is 22.0. The molecule has 0 radical (unpaired) electrons. The summed E-state index contributed by atoms with van der Waals surface area (Å²) in [6.45, 7) is 3.13. The number of benzene rings is 1. The molecular weight excluding hydrogens is 468 g/mol. The summed E-state index contributed by atoms with van der Waals surface area (Å²) in [6.07, 6.45) is 9.79. The minimum absolute atomic E-state index is 0.0298. The second kappa shape index (κ2) is 9.95. The number of hydrazine groups is 1. The van der Waals surface area contributed by atoms with E-state index >= 15 is 0 Å². The molecule has 1 aliphatic heterocycles. The molecule has 5 aliphatic rings. The van der Waals surface area contributed by atoms with E-state index in [2.05, 4.69) is 15.7 Å². The van der Waals surface area contributed by atoms with Gasteiger partial charge in [0.25, 0.3) is 5.91 Å². The molecule has 8 nitrogen and oxygen atoms in total. The monoisotopic (exact) mass is 508 g/mol. The number of methoxy groups -OCH3 is 1. The minimum Gasteiger partial charge on any atom is -0.446 e. The first kappa shape index (κ1) is 24.7. The lowest BCUT2D eigenvalue weighted by atomic mass is 9.55. The number of hydrogen-bond donors (Lipinski definition) is 3. The third-order valence-electron chi connectivity index (χ3n) is 9.46. The van der Waals surface area contributed by atoms with Gasteiger partial charge in [0, 0.05) is 37.2 Å². The van der Waals surface area contributed by atoms with Gasteiger partial charge in [-0.2, -0.15) is 0 Å². The first-order chi connectivity index (χ1) is 17.9. The molecule has 4 aliphatic carbocycles. The van der Waals surface area contributed by atoms with E-state index in [-0.39, 0.29) is 18.1 Å². The normalized spacial score (nSPS) is 32.4. The average molecular weight is 509 g/mol. The Labute approximate surface area is 218 Å². The van der Waals surface area contributed by atoms with Gasteiger partial charge in [-0.25, -0.2) is 9.80 Å². The fraction of sp³-hybridized carbons (Fsp3) is 0.655. The summed E-state index contributed by atoms with van der Waals surface area (Å²) in [4.78, 5) is 30.5. The van der Waals surface area contributed by atoms with E-state index in [1.165, 1.54) is 32.1 Å². The molecule has 2 amide bonds. The molecule has 4 saturated carbocycles. The van der Waals surface area contributed by atoms with Crippen molar-refractivity contribution in [3.05, 3.63) is 36.0 Å². The van der Waals surface area contributed by atoms with Crippen molar-refractivity contribution < 1.29 is 19.1 Å². The number of H-pyrrole nitrogens is 1. The Kier molecular flexibility index (Phi) is 6.65. The van der Waals surface area contributed by atoms with Crippen LogP contribution in [0, 0.1) is 23.7 Å². The van der Waals surface area contributed by atoms with E-state index in [1.54, 1.807) is 7.11 Å². The maximum absolute atomic E-state index is 13.8. The first-order valence-electron chi connectivity index (χ1n) is 14.0. The van der Waals surface area contributed by atoms with Crippen molar-refractivity contribution in [1.82, 2.24) is 20.7 Å². The smallest absolute Gasteiger partial charge is 0.408 e. The van der Waals surface area contributed by atoms with Crippen LogP contribution in [0.2, 0.25) is 0 Å². The number of nitrogens with zero attached hydrogens (tertiary/aromatic N) is 1. The molecule has 7 rings (SSSR count). The number of alkyl carbamates (subject to hydrolysis) is 1. The molecule has 200 valence electrons. The maximum atomic E-state index is 13.8. The fourth-order valence-electron chi connectivity index (χ4n) is 7.89. The van der Waals surface area contributed by atoms with Gasteiger partial charge >= 0.3 is 6.09 Å². The Bertz CT molecular complexity index is 1120. The predicted octanol–water partition coefficient (Wildman–Crippen LogP) is 4.16. The highest BCUT2D eigenvalue weighted by molar-refractivity contribution is 5.91. The van der Waals surface area contributed by atoms with Crippen molar-refractivity contribution >= 4 is 22.9 Å². The quantitative estimate of drug-likeness (QED) is 0.498. The van der Waals surface area contributed by atoms with E-state index in [9.17, 15) is 9.59 Å². The molecule has 2 aromatic rings. The molecule has 2 atom stereocenters. The topological polar surface area (TPSA) is 95.7 Å². The largest absolute Gasteiger partial charge is 0.446 e. The number of fused-ring (bicyclic) bond motifs is 1. The van der Waals surface area contributed by atoms with E-state index in [0.717, 1.165) is 47.7 Å². The summed E-state index contributed by atoms with van der Waals surface area (Å²) in [5, 5.41) is 6.05. The van der Waals surface area contributed by atoms with Gasteiger partial charge in [-0.15, -0.1) is 0 Å². The highest BCUT2D eigenvalue weighted by Crippen LogP contribution is 2.54. The molecule has 0 spiro atoms. The van der Waals surface area contributed by atoms with Gasteiger partial charge in [0.05, 0.1) is 12.6 Å². The zero-order chi connectivity index (χ0) is 25.6. The molecule has 5 fully saturated rings. The Morgan fingerprint density at radius 1 is 1.11 bits per heavy atom. The van der Waals surface area contributed by atoms with Crippen LogP contribution in [0.3, 0.4) is 0 Å². The fourth-order valence-corrected chi connectivity index (χ4v) is 7.89. The average Bonchev–Trinajstić information content (AvgIpc) is 3.48. The number of nitrogens with one attached hydrogen (secondary N) is 3. The maximum Gasteiger partial charge on any atom is 0.408 e. The van der Waals surface area contributed by atoms with Gasteiger partial charge in [-0.05, 0) is 87.2 Å². The van der Waals surface area contributed by atoms with Crippen LogP contribution in [0.4, 0.5) is 4.79 Å². The molecule has 1 aromatic carbocycles. The highest BCUT2D eigenvalue weighted by atomic mass is 16.6. The predicted molar refractivity (Wildman–Crippen MR) is 141 cm³/mol. The number of hydrogen-bond acceptors (Lipinski definition) is 5. The summed E-state index contributed by atoms with van der Waals surface area (Å²) >= 11 is 0. The van der Waals surface area contributed by atoms with Crippen molar-refractivity contribution in [2.24, 2.45) is 23.7 Å². The van der Waals surface area contributed by atoms with E-state index in [1.807, 2.05) is 42.4 Å². The van der Waals surface area contributed by atoms with E-state index < -0.39 is 11.6 Å². The number of para-hydroxylation sites is 1. The van der Waals surface area contributed by atoms with Crippen LogP contribution in [-0.4, -0.2) is 59.9 Å². The van der Waals surface area contributed by atoms with Crippen LogP contribution in [0.15, 0.2) is 30.5 Å². The lowest BCUT2D eigenvalue weighted by Crippen LogP contribution is -2.62. The molecular formula is C29H40N4O4. The van der Waals surface area contributed by atoms with Crippen LogP contribution in [0.1, 0.15) is 57.4 Å². The molecule has 2 heterocycles. The second-order valence-corrected chi connectivity index (χ2v) is 12.2. The Hall–Kier alpha value is -2.58. The van der Waals surface area contributed by atoms with Gasteiger partial charge in [0.1, 0.15) is 11.6 Å². The molecule has 8 heteroatoms. The van der Waals surface area contributed by atoms with Crippen LogP contribution in [-0.2, 0) is 20.7 Å². The number of amides is 2. The molecule has 1 aromatic heterocycles. The summed E-state index contributed by atoms with van der Waals surface area (Å²) < 4.78 is 11.5. The number of carbonyl (C=O) groups is 2. The van der Waals surface area contributed by atoms with Gasteiger partial charge in [0.2, 0.25) is 0 Å². The number of aromatic amines is 1. The second-order valence-electron chi connectivity index (χ2n) is 12.2. The summed E-state index contributed by atoms with van der Waals surface area (Å²) in [5.74, 6) is 2.32.